The zero-order valence-electron chi connectivity index (χ0n) is 10.8. The van der Waals surface area contributed by atoms with Gasteiger partial charge in [0, 0.05) is 6.08 Å². The van der Waals surface area contributed by atoms with E-state index in [0.29, 0.717) is 19.1 Å². The Hall–Kier alpha value is -1.61. The summed E-state index contributed by atoms with van der Waals surface area (Å²) in [6.07, 6.45) is 3.40. The number of amides is 1. The van der Waals surface area contributed by atoms with Gasteiger partial charge in [0.25, 0.3) is 0 Å². The van der Waals surface area contributed by atoms with Crippen molar-refractivity contribution in [2.45, 2.75) is 25.8 Å². The lowest BCUT2D eigenvalue weighted by Gasteiger charge is -2.26. The van der Waals surface area contributed by atoms with Crippen LogP contribution in [0.5, 0.6) is 0 Å². The third-order valence-corrected chi connectivity index (χ3v) is 3.01. The molecule has 0 aliphatic carbocycles. The molecule has 1 aliphatic heterocycles. The number of hydrogen-bond donors (Lipinski definition) is 1. The summed E-state index contributed by atoms with van der Waals surface area (Å²) in [5.74, 6) is 0.473. The third-order valence-electron chi connectivity index (χ3n) is 3.01. The van der Waals surface area contributed by atoms with E-state index >= 15 is 0 Å². The molecule has 1 heterocycles. The fraction of sp³-hybridized carbons (Fsp3) is 0.400. The Morgan fingerprint density at radius 2 is 2.00 bits per heavy atom. The van der Waals surface area contributed by atoms with Gasteiger partial charge in [-0.25, -0.2) is 0 Å². The van der Waals surface area contributed by atoms with Gasteiger partial charge in [-0.2, -0.15) is 0 Å². The summed E-state index contributed by atoms with van der Waals surface area (Å²) in [4.78, 5) is 11.5. The topological polar surface area (TPSA) is 38.3 Å². The minimum atomic E-state index is -0.0590. The van der Waals surface area contributed by atoms with Crippen LogP contribution in [0.25, 0.3) is 6.08 Å². The van der Waals surface area contributed by atoms with Crippen LogP contribution in [-0.2, 0) is 9.53 Å². The van der Waals surface area contributed by atoms with Crippen molar-refractivity contribution in [3.05, 3.63) is 41.5 Å². The summed E-state index contributed by atoms with van der Waals surface area (Å²) >= 11 is 0. The molecule has 1 saturated heterocycles. The van der Waals surface area contributed by atoms with E-state index in [-0.39, 0.29) is 11.9 Å². The van der Waals surface area contributed by atoms with E-state index in [4.69, 9.17) is 4.74 Å². The molecule has 0 unspecified atom stereocenters. The molecule has 3 heteroatoms. The first-order valence-corrected chi connectivity index (χ1v) is 6.31. The highest BCUT2D eigenvalue weighted by Gasteiger charge is 2.18. The summed E-state index contributed by atoms with van der Waals surface area (Å²) in [6.45, 7) is 5.59. The molecule has 1 aliphatic rings. The fourth-order valence-electron chi connectivity index (χ4n) is 1.73. The number of benzene rings is 1. The highest BCUT2D eigenvalue weighted by Crippen LogP contribution is 2.15. The molecule has 0 radical (unpaired) electrons. The highest BCUT2D eigenvalue weighted by atomic mass is 16.5. The maximum Gasteiger partial charge on any atom is 0.244 e. The van der Waals surface area contributed by atoms with Crippen LogP contribution in [0.4, 0.5) is 0 Å². The van der Waals surface area contributed by atoms with E-state index in [0.717, 1.165) is 5.56 Å². The van der Waals surface area contributed by atoms with Crippen molar-refractivity contribution in [1.29, 1.82) is 0 Å². The molecule has 18 heavy (non-hydrogen) atoms. The Bertz CT molecular complexity index is 430. The van der Waals surface area contributed by atoms with Crippen molar-refractivity contribution in [2.75, 3.05) is 13.2 Å². The van der Waals surface area contributed by atoms with E-state index < -0.39 is 0 Å². The molecule has 0 aromatic heterocycles. The monoisotopic (exact) mass is 245 g/mol. The SMILES string of the molecule is CC(C)c1ccc(C=CC(=O)NC2COC2)cc1. The van der Waals surface area contributed by atoms with Gasteiger partial charge in [0.15, 0.2) is 0 Å². The largest absolute Gasteiger partial charge is 0.377 e. The van der Waals surface area contributed by atoms with Gasteiger partial charge in [-0.05, 0) is 23.1 Å². The van der Waals surface area contributed by atoms with Crippen LogP contribution in [-0.4, -0.2) is 25.2 Å². The summed E-state index contributed by atoms with van der Waals surface area (Å²) in [7, 11) is 0. The van der Waals surface area contributed by atoms with Gasteiger partial charge in [-0.15, -0.1) is 0 Å². The molecule has 1 amide bonds. The van der Waals surface area contributed by atoms with Gasteiger partial charge in [-0.1, -0.05) is 38.1 Å². The third kappa shape index (κ3) is 3.44. The smallest absolute Gasteiger partial charge is 0.244 e. The Morgan fingerprint density at radius 3 is 2.50 bits per heavy atom. The van der Waals surface area contributed by atoms with E-state index in [2.05, 4.69) is 31.3 Å². The Labute approximate surface area is 108 Å². The second-order valence-corrected chi connectivity index (χ2v) is 4.90. The second kappa shape index (κ2) is 5.83. The van der Waals surface area contributed by atoms with Crippen LogP contribution in [0.2, 0.25) is 0 Å². The minimum absolute atomic E-state index is 0.0590. The predicted molar refractivity (Wildman–Crippen MR) is 72.3 cm³/mol. The van der Waals surface area contributed by atoms with Crippen molar-refractivity contribution < 1.29 is 9.53 Å². The van der Waals surface area contributed by atoms with Crippen LogP contribution >= 0.6 is 0 Å². The first-order chi connectivity index (χ1) is 8.65. The van der Waals surface area contributed by atoms with E-state index in [9.17, 15) is 4.79 Å². The molecule has 1 fully saturated rings. The molecule has 0 bridgehead atoms. The average molecular weight is 245 g/mol. The van der Waals surface area contributed by atoms with Crippen LogP contribution in [0.1, 0.15) is 30.9 Å². The Morgan fingerprint density at radius 1 is 1.33 bits per heavy atom. The van der Waals surface area contributed by atoms with Gasteiger partial charge in [0.1, 0.15) is 0 Å². The summed E-state index contributed by atoms with van der Waals surface area (Å²) in [6, 6.07) is 8.45. The average Bonchev–Trinajstić information content (AvgIpc) is 2.32. The highest BCUT2D eigenvalue weighted by molar-refractivity contribution is 5.91. The van der Waals surface area contributed by atoms with Gasteiger partial charge >= 0.3 is 0 Å². The normalized spacial score (nSPS) is 15.9. The maximum absolute atomic E-state index is 11.5. The first-order valence-electron chi connectivity index (χ1n) is 6.31. The van der Waals surface area contributed by atoms with Crippen LogP contribution in [0.15, 0.2) is 30.3 Å². The number of carbonyl (C=O) groups excluding carboxylic acids is 1. The van der Waals surface area contributed by atoms with Crippen LogP contribution < -0.4 is 5.32 Å². The van der Waals surface area contributed by atoms with Crippen LogP contribution in [0, 0.1) is 0 Å². The molecule has 2 rings (SSSR count). The summed E-state index contributed by atoms with van der Waals surface area (Å²) in [5, 5.41) is 2.87. The zero-order chi connectivity index (χ0) is 13.0. The lowest BCUT2D eigenvalue weighted by atomic mass is 10.0. The maximum atomic E-state index is 11.5. The minimum Gasteiger partial charge on any atom is -0.377 e. The van der Waals surface area contributed by atoms with Gasteiger partial charge in [0.2, 0.25) is 5.91 Å². The molecule has 1 aromatic rings. The summed E-state index contributed by atoms with van der Waals surface area (Å²) < 4.78 is 5.00. The molecular weight excluding hydrogens is 226 g/mol. The number of rotatable bonds is 4. The van der Waals surface area contributed by atoms with E-state index in [1.54, 1.807) is 6.08 Å². The van der Waals surface area contributed by atoms with Crippen LogP contribution in [0.3, 0.4) is 0 Å². The molecule has 0 atom stereocenters. The number of ether oxygens (including phenoxy) is 1. The molecule has 1 N–H and O–H groups in total. The number of nitrogens with one attached hydrogen (secondary N) is 1. The van der Waals surface area contributed by atoms with E-state index in [1.807, 2.05) is 18.2 Å². The standard InChI is InChI=1S/C15H19NO2/c1-11(2)13-6-3-12(4-7-13)5-8-15(17)16-14-9-18-10-14/h3-8,11,14H,9-10H2,1-2H3,(H,16,17). The Balaban J connectivity index is 1.89. The molecule has 0 saturated carbocycles. The van der Waals surface area contributed by atoms with Gasteiger partial charge in [0.05, 0.1) is 19.3 Å². The second-order valence-electron chi connectivity index (χ2n) is 4.90. The van der Waals surface area contributed by atoms with Crippen molar-refractivity contribution in [3.8, 4) is 0 Å². The molecule has 0 spiro atoms. The predicted octanol–water partition coefficient (Wildman–Crippen LogP) is 2.34. The molecule has 1 aromatic carbocycles. The van der Waals surface area contributed by atoms with Crippen molar-refractivity contribution in [2.24, 2.45) is 0 Å². The molecule has 96 valence electrons. The fourth-order valence-corrected chi connectivity index (χ4v) is 1.73. The quantitative estimate of drug-likeness (QED) is 0.827. The molecule has 3 nitrogen and oxygen atoms in total. The lowest BCUT2D eigenvalue weighted by Crippen LogP contribution is -2.48. The van der Waals surface area contributed by atoms with Crippen molar-refractivity contribution in [3.63, 3.8) is 0 Å². The lowest BCUT2D eigenvalue weighted by molar-refractivity contribution is -0.120. The van der Waals surface area contributed by atoms with Crippen molar-refractivity contribution >= 4 is 12.0 Å². The molecular formula is C15H19NO2. The number of carbonyl (C=O) groups is 1. The zero-order valence-corrected chi connectivity index (χ0v) is 10.8. The Kier molecular flexibility index (Phi) is 4.15. The van der Waals surface area contributed by atoms with Gasteiger partial charge in [-0.3, -0.25) is 4.79 Å². The first kappa shape index (κ1) is 12.8. The summed E-state index contributed by atoms with van der Waals surface area (Å²) in [5.41, 5.74) is 2.35. The van der Waals surface area contributed by atoms with E-state index in [1.165, 1.54) is 5.56 Å². The number of hydrogen-bond acceptors (Lipinski definition) is 2. The van der Waals surface area contributed by atoms with Crippen molar-refractivity contribution in [1.82, 2.24) is 5.32 Å². The van der Waals surface area contributed by atoms with Gasteiger partial charge < -0.3 is 10.1 Å².